The Labute approximate surface area is 281 Å². The van der Waals surface area contributed by atoms with Gasteiger partial charge in [-0.1, -0.05) is 109 Å². The van der Waals surface area contributed by atoms with Gasteiger partial charge in [0, 0.05) is 33.7 Å². The molecule has 0 N–H and O–H groups in total. The number of aromatic nitrogens is 4. The molecule has 0 spiro atoms. The van der Waals surface area contributed by atoms with Crippen LogP contribution < -0.4 is 0 Å². The van der Waals surface area contributed by atoms with E-state index in [1.807, 2.05) is 42.6 Å². The predicted molar refractivity (Wildman–Crippen MR) is 199 cm³/mol. The Morgan fingerprint density at radius 1 is 0.367 bits per heavy atom. The molecule has 3 heterocycles. The Bertz CT molecular complexity index is 2890. The van der Waals surface area contributed by atoms with E-state index in [0.29, 0.717) is 17.5 Å². The molecule has 0 amide bonds. The summed E-state index contributed by atoms with van der Waals surface area (Å²) >= 11 is 0. The summed E-state index contributed by atoms with van der Waals surface area (Å²) in [7, 11) is 0. The van der Waals surface area contributed by atoms with E-state index in [0.717, 1.165) is 65.9 Å². The molecule has 0 aliphatic heterocycles. The van der Waals surface area contributed by atoms with Crippen molar-refractivity contribution >= 4 is 54.3 Å². The fourth-order valence-corrected chi connectivity index (χ4v) is 6.88. The van der Waals surface area contributed by atoms with Crippen LogP contribution in [0.1, 0.15) is 0 Å². The molecule has 0 saturated carbocycles. The molecule has 0 unspecified atom stereocenters. The van der Waals surface area contributed by atoms with Crippen molar-refractivity contribution in [2.75, 3.05) is 0 Å². The Balaban J connectivity index is 1.08. The summed E-state index contributed by atoms with van der Waals surface area (Å²) in [5.74, 6) is 1.94. The first-order valence-electron chi connectivity index (χ1n) is 16.3. The minimum absolute atomic E-state index is 0.640. The van der Waals surface area contributed by atoms with Crippen LogP contribution in [0.4, 0.5) is 0 Å². The van der Waals surface area contributed by atoms with Crippen LogP contribution in [0.15, 0.2) is 162 Å². The maximum atomic E-state index is 6.08. The first-order valence-corrected chi connectivity index (χ1v) is 16.3. The van der Waals surface area contributed by atoms with Crippen molar-refractivity contribution in [2.45, 2.75) is 0 Å². The van der Waals surface area contributed by atoms with Crippen LogP contribution in [0.25, 0.3) is 99.5 Å². The lowest BCUT2D eigenvalue weighted by atomic mass is 9.96. The normalized spacial score (nSPS) is 11.7. The molecule has 0 saturated heterocycles. The van der Waals surface area contributed by atoms with Gasteiger partial charge in [-0.15, -0.1) is 0 Å². The highest BCUT2D eigenvalue weighted by Crippen LogP contribution is 2.37. The smallest absolute Gasteiger partial charge is 0.164 e. The molecule has 0 aliphatic carbocycles. The van der Waals surface area contributed by atoms with Crippen LogP contribution in [-0.2, 0) is 0 Å². The van der Waals surface area contributed by atoms with Gasteiger partial charge in [0.15, 0.2) is 23.1 Å². The van der Waals surface area contributed by atoms with Crippen LogP contribution in [-0.4, -0.2) is 19.9 Å². The fourth-order valence-electron chi connectivity index (χ4n) is 6.88. The average molecular weight is 627 g/mol. The topological polar surface area (TPSA) is 64.7 Å². The third-order valence-electron chi connectivity index (χ3n) is 9.36. The lowest BCUT2D eigenvalue weighted by Gasteiger charge is -2.10. The van der Waals surface area contributed by atoms with Gasteiger partial charge in [-0.2, -0.15) is 0 Å². The molecule has 0 bridgehead atoms. The average Bonchev–Trinajstić information content (AvgIpc) is 3.56. The molecular weight excluding hydrogens is 601 g/mol. The highest BCUT2D eigenvalue weighted by atomic mass is 16.3. The number of hydrogen-bond donors (Lipinski definition) is 0. The number of furan rings is 1. The third-order valence-corrected chi connectivity index (χ3v) is 9.36. The number of rotatable bonds is 4. The Morgan fingerprint density at radius 2 is 0.939 bits per heavy atom. The second-order valence-electron chi connectivity index (χ2n) is 12.4. The van der Waals surface area contributed by atoms with Crippen molar-refractivity contribution in [2.24, 2.45) is 0 Å². The van der Waals surface area contributed by atoms with E-state index >= 15 is 0 Å². The van der Waals surface area contributed by atoms with Crippen molar-refractivity contribution < 1.29 is 4.42 Å². The van der Waals surface area contributed by atoms with Crippen molar-refractivity contribution in [3.05, 3.63) is 158 Å². The van der Waals surface area contributed by atoms with Gasteiger partial charge in [0.2, 0.25) is 0 Å². The molecule has 49 heavy (non-hydrogen) atoms. The van der Waals surface area contributed by atoms with E-state index < -0.39 is 0 Å². The van der Waals surface area contributed by atoms with Crippen LogP contribution in [0, 0.1) is 0 Å². The first-order chi connectivity index (χ1) is 24.2. The summed E-state index contributed by atoms with van der Waals surface area (Å²) in [5.41, 5.74) is 6.82. The Hall–Kier alpha value is -6.72. The summed E-state index contributed by atoms with van der Waals surface area (Å²) in [6, 6.07) is 50.7. The zero-order chi connectivity index (χ0) is 32.3. The summed E-state index contributed by atoms with van der Waals surface area (Å²) in [6.07, 6.45) is 3.60. The highest BCUT2D eigenvalue weighted by Gasteiger charge is 2.15. The number of nitrogens with zero attached hydrogens (tertiary/aromatic N) is 4. The summed E-state index contributed by atoms with van der Waals surface area (Å²) in [4.78, 5) is 19.2. The molecule has 0 atom stereocenters. The van der Waals surface area contributed by atoms with Crippen LogP contribution in [0.3, 0.4) is 0 Å². The second kappa shape index (κ2) is 10.9. The Kier molecular flexibility index (Phi) is 6.11. The largest absolute Gasteiger partial charge is 0.454 e. The van der Waals surface area contributed by atoms with Crippen molar-refractivity contribution in [3.8, 4) is 45.3 Å². The lowest BCUT2D eigenvalue weighted by Crippen LogP contribution is -2.00. The number of pyridine rings is 1. The van der Waals surface area contributed by atoms with Crippen LogP contribution in [0.5, 0.6) is 0 Å². The van der Waals surface area contributed by atoms with E-state index in [2.05, 4.69) is 114 Å². The van der Waals surface area contributed by atoms with Gasteiger partial charge in [0.25, 0.3) is 0 Å². The van der Waals surface area contributed by atoms with E-state index in [-0.39, 0.29) is 0 Å². The molecular formula is C44H26N4O. The fraction of sp³-hybridized carbons (Fsp3) is 0. The SMILES string of the molecule is c1ccc(-c2nc(-c3ccc4ccccc4c3)nc(-c3ccc4ccc(-c5ccc6c(ccc7oc8cnccc8c76)c5)cc4c3)n2)cc1. The van der Waals surface area contributed by atoms with E-state index in [1.54, 1.807) is 6.20 Å². The quantitative estimate of drug-likeness (QED) is 0.194. The zero-order valence-corrected chi connectivity index (χ0v) is 26.2. The molecule has 3 aromatic heterocycles. The van der Waals surface area contributed by atoms with Gasteiger partial charge < -0.3 is 4.42 Å². The molecule has 10 aromatic rings. The molecule has 5 heteroatoms. The third kappa shape index (κ3) is 4.71. The number of hydrogen-bond acceptors (Lipinski definition) is 5. The molecule has 0 aliphatic rings. The monoisotopic (exact) mass is 626 g/mol. The van der Waals surface area contributed by atoms with Gasteiger partial charge in [0.05, 0.1) is 6.20 Å². The van der Waals surface area contributed by atoms with E-state index in [4.69, 9.17) is 19.4 Å². The van der Waals surface area contributed by atoms with Crippen molar-refractivity contribution in [1.82, 2.24) is 19.9 Å². The maximum absolute atomic E-state index is 6.08. The molecule has 0 radical (unpaired) electrons. The molecule has 10 rings (SSSR count). The summed E-state index contributed by atoms with van der Waals surface area (Å²) in [6.45, 7) is 0. The predicted octanol–water partition coefficient (Wildman–Crippen LogP) is 11.3. The van der Waals surface area contributed by atoms with Gasteiger partial charge in [-0.25, -0.2) is 15.0 Å². The van der Waals surface area contributed by atoms with E-state index in [1.165, 1.54) is 16.2 Å². The van der Waals surface area contributed by atoms with Crippen molar-refractivity contribution in [3.63, 3.8) is 0 Å². The molecule has 7 aromatic carbocycles. The van der Waals surface area contributed by atoms with Gasteiger partial charge in [-0.05, 0) is 79.8 Å². The van der Waals surface area contributed by atoms with Crippen LogP contribution in [0.2, 0.25) is 0 Å². The summed E-state index contributed by atoms with van der Waals surface area (Å²) in [5, 5.41) is 9.14. The van der Waals surface area contributed by atoms with Gasteiger partial charge in [0.1, 0.15) is 5.58 Å². The molecule has 228 valence electrons. The molecule has 0 fully saturated rings. The second-order valence-corrected chi connectivity index (χ2v) is 12.4. The highest BCUT2D eigenvalue weighted by molar-refractivity contribution is 6.19. The maximum Gasteiger partial charge on any atom is 0.164 e. The minimum atomic E-state index is 0.640. The standard InChI is InChI=1S/C44H26N4O/c1-2-7-29(8-3-1)42-46-43(34-14-11-27-6-4-5-9-30(27)23-34)48-44(47-42)35-15-12-28-10-13-31(24-36(28)25-35)32-16-18-37-33(22-32)17-19-39-41(37)38-20-21-45-26-40(38)49-39/h1-26H. The number of benzene rings is 7. The van der Waals surface area contributed by atoms with Gasteiger partial charge in [-0.3, -0.25) is 4.98 Å². The van der Waals surface area contributed by atoms with Crippen molar-refractivity contribution in [1.29, 1.82) is 0 Å². The van der Waals surface area contributed by atoms with Gasteiger partial charge >= 0.3 is 0 Å². The van der Waals surface area contributed by atoms with E-state index in [9.17, 15) is 0 Å². The summed E-state index contributed by atoms with van der Waals surface area (Å²) < 4.78 is 6.08. The zero-order valence-electron chi connectivity index (χ0n) is 26.2. The van der Waals surface area contributed by atoms with Crippen LogP contribution >= 0.6 is 0 Å². The first kappa shape index (κ1) is 27.4. The number of fused-ring (bicyclic) bond motifs is 7. The minimum Gasteiger partial charge on any atom is -0.454 e. The molecule has 5 nitrogen and oxygen atoms in total. The lowest BCUT2D eigenvalue weighted by molar-refractivity contribution is 0.667. The Morgan fingerprint density at radius 3 is 1.71 bits per heavy atom.